The van der Waals surface area contributed by atoms with Crippen molar-refractivity contribution in [2.75, 3.05) is 19.4 Å². The minimum Gasteiger partial charge on any atom is -0.486 e. The summed E-state index contributed by atoms with van der Waals surface area (Å²) in [5, 5.41) is 8.57. The lowest BCUT2D eigenvalue weighted by molar-refractivity contribution is -0.126. The van der Waals surface area contributed by atoms with Gasteiger partial charge in [-0.15, -0.1) is 10.2 Å². The molecule has 1 saturated heterocycles. The van der Waals surface area contributed by atoms with E-state index in [-0.39, 0.29) is 23.2 Å². The van der Waals surface area contributed by atoms with Gasteiger partial charge in [0.1, 0.15) is 12.4 Å². The summed E-state index contributed by atoms with van der Waals surface area (Å²) in [4.78, 5) is 13.7. The standard InChI is InChI=1S/C18H25N5O2S/c1-18(2,3)12-5-7-13(8-6-12)25-11-15-20-21-17(23(15)19)26-14-9-10-22(4)16(14)24/h5-8,14H,9-11,19H2,1-4H3. The summed E-state index contributed by atoms with van der Waals surface area (Å²) in [6, 6.07) is 8.01. The van der Waals surface area contributed by atoms with Crippen molar-refractivity contribution in [3.63, 3.8) is 0 Å². The van der Waals surface area contributed by atoms with Gasteiger partial charge in [-0.1, -0.05) is 44.7 Å². The van der Waals surface area contributed by atoms with Gasteiger partial charge in [0.2, 0.25) is 11.1 Å². The Labute approximate surface area is 157 Å². The highest BCUT2D eigenvalue weighted by Crippen LogP contribution is 2.29. The van der Waals surface area contributed by atoms with Crippen molar-refractivity contribution in [1.82, 2.24) is 19.8 Å². The van der Waals surface area contributed by atoms with E-state index in [1.807, 2.05) is 12.1 Å². The highest BCUT2D eigenvalue weighted by Gasteiger charge is 2.31. The molecule has 2 aromatic rings. The van der Waals surface area contributed by atoms with E-state index >= 15 is 0 Å². The third kappa shape index (κ3) is 3.95. The number of carbonyl (C=O) groups is 1. The van der Waals surface area contributed by atoms with Crippen LogP contribution in [0.25, 0.3) is 0 Å². The number of hydrogen-bond donors (Lipinski definition) is 1. The normalized spacial score (nSPS) is 17.8. The minimum atomic E-state index is -0.148. The summed E-state index contributed by atoms with van der Waals surface area (Å²) in [5.41, 5.74) is 1.35. The SMILES string of the molecule is CN1CCC(Sc2nnc(COc3ccc(C(C)(C)C)cc3)n2N)C1=O. The summed E-state index contributed by atoms with van der Waals surface area (Å²) in [6.45, 7) is 7.50. The monoisotopic (exact) mass is 375 g/mol. The van der Waals surface area contributed by atoms with Crippen LogP contribution in [0.4, 0.5) is 0 Å². The molecule has 1 atom stereocenters. The first kappa shape index (κ1) is 18.6. The number of aromatic nitrogens is 3. The van der Waals surface area contributed by atoms with Crippen molar-refractivity contribution in [3.05, 3.63) is 35.7 Å². The van der Waals surface area contributed by atoms with Gasteiger partial charge in [0.05, 0.1) is 5.25 Å². The molecule has 7 nitrogen and oxygen atoms in total. The van der Waals surface area contributed by atoms with Crippen LogP contribution in [-0.2, 0) is 16.8 Å². The van der Waals surface area contributed by atoms with Crippen LogP contribution in [0.5, 0.6) is 5.75 Å². The van der Waals surface area contributed by atoms with E-state index in [0.717, 1.165) is 18.7 Å². The van der Waals surface area contributed by atoms with Gasteiger partial charge in [-0.05, 0) is 29.5 Å². The molecule has 8 heteroatoms. The maximum Gasteiger partial charge on any atom is 0.235 e. The number of nitrogens with two attached hydrogens (primary N) is 1. The number of likely N-dealkylation sites (tertiary alicyclic amines) is 1. The number of hydrogen-bond acceptors (Lipinski definition) is 6. The van der Waals surface area contributed by atoms with Gasteiger partial charge < -0.3 is 15.5 Å². The predicted molar refractivity (Wildman–Crippen MR) is 102 cm³/mol. The summed E-state index contributed by atoms with van der Waals surface area (Å²) in [7, 11) is 1.81. The summed E-state index contributed by atoms with van der Waals surface area (Å²) in [5.74, 6) is 7.45. The first-order valence-corrected chi connectivity index (χ1v) is 9.48. The Morgan fingerprint density at radius 2 is 1.96 bits per heavy atom. The molecular weight excluding hydrogens is 350 g/mol. The average molecular weight is 375 g/mol. The zero-order valence-corrected chi connectivity index (χ0v) is 16.4. The fraction of sp³-hybridized carbons (Fsp3) is 0.500. The second-order valence-corrected chi connectivity index (χ2v) is 8.66. The maximum absolute atomic E-state index is 12.0. The predicted octanol–water partition coefficient (Wildman–Crippen LogP) is 2.19. The van der Waals surface area contributed by atoms with Crippen LogP contribution in [0.1, 0.15) is 38.6 Å². The Bertz CT molecular complexity index is 782. The molecule has 1 fully saturated rings. The van der Waals surface area contributed by atoms with E-state index in [2.05, 4.69) is 43.1 Å². The number of nitrogen functional groups attached to an aromatic ring is 1. The molecule has 0 spiro atoms. The largest absolute Gasteiger partial charge is 0.486 e. The van der Waals surface area contributed by atoms with Gasteiger partial charge in [0.25, 0.3) is 0 Å². The zero-order chi connectivity index (χ0) is 18.9. The average Bonchev–Trinajstić information content (AvgIpc) is 3.10. The lowest BCUT2D eigenvalue weighted by atomic mass is 9.87. The van der Waals surface area contributed by atoms with E-state index < -0.39 is 0 Å². The molecule has 3 rings (SSSR count). The molecule has 1 unspecified atom stereocenters. The topological polar surface area (TPSA) is 86.3 Å². The van der Waals surface area contributed by atoms with E-state index in [1.54, 1.807) is 11.9 Å². The molecule has 1 aliphatic heterocycles. The Morgan fingerprint density at radius 1 is 1.27 bits per heavy atom. The Morgan fingerprint density at radius 3 is 2.54 bits per heavy atom. The van der Waals surface area contributed by atoms with Crippen LogP contribution in [0.2, 0.25) is 0 Å². The van der Waals surface area contributed by atoms with Gasteiger partial charge in [-0.25, -0.2) is 4.68 Å². The van der Waals surface area contributed by atoms with Crippen molar-refractivity contribution in [1.29, 1.82) is 0 Å². The second kappa shape index (κ2) is 7.19. The summed E-state index contributed by atoms with van der Waals surface area (Å²) >= 11 is 1.35. The Balaban J connectivity index is 1.61. The van der Waals surface area contributed by atoms with Crippen molar-refractivity contribution < 1.29 is 9.53 Å². The highest BCUT2D eigenvalue weighted by atomic mass is 32.2. The van der Waals surface area contributed by atoms with E-state index in [9.17, 15) is 4.79 Å². The van der Waals surface area contributed by atoms with Crippen LogP contribution in [-0.4, -0.2) is 44.5 Å². The Hall–Kier alpha value is -2.22. The van der Waals surface area contributed by atoms with Crippen molar-refractivity contribution in [2.24, 2.45) is 0 Å². The van der Waals surface area contributed by atoms with Crippen LogP contribution in [0.3, 0.4) is 0 Å². The van der Waals surface area contributed by atoms with Crippen LogP contribution in [0.15, 0.2) is 29.4 Å². The van der Waals surface area contributed by atoms with Gasteiger partial charge in [-0.2, -0.15) is 0 Å². The van der Waals surface area contributed by atoms with Crippen LogP contribution < -0.4 is 10.6 Å². The van der Waals surface area contributed by atoms with E-state index in [1.165, 1.54) is 22.0 Å². The molecule has 0 saturated carbocycles. The molecule has 1 aromatic heterocycles. The first-order chi connectivity index (χ1) is 12.3. The smallest absolute Gasteiger partial charge is 0.235 e. The Kier molecular flexibility index (Phi) is 5.13. The lowest BCUT2D eigenvalue weighted by Gasteiger charge is -2.19. The number of benzene rings is 1. The van der Waals surface area contributed by atoms with E-state index in [0.29, 0.717) is 11.0 Å². The molecule has 1 aliphatic rings. The lowest BCUT2D eigenvalue weighted by Crippen LogP contribution is -2.24. The molecule has 1 amide bonds. The van der Waals surface area contributed by atoms with Gasteiger partial charge >= 0.3 is 0 Å². The van der Waals surface area contributed by atoms with Crippen molar-refractivity contribution in [3.8, 4) is 5.75 Å². The van der Waals surface area contributed by atoms with Gasteiger partial charge in [0, 0.05) is 13.6 Å². The molecular formula is C18H25N5O2S. The molecule has 0 bridgehead atoms. The molecule has 26 heavy (non-hydrogen) atoms. The number of amides is 1. The molecule has 0 aliphatic carbocycles. The number of rotatable bonds is 5. The second-order valence-electron chi connectivity index (χ2n) is 7.49. The fourth-order valence-corrected chi connectivity index (χ4v) is 3.78. The molecule has 0 radical (unpaired) electrons. The quantitative estimate of drug-likeness (QED) is 0.806. The number of ether oxygens (including phenoxy) is 1. The van der Waals surface area contributed by atoms with Crippen LogP contribution >= 0.6 is 11.8 Å². The van der Waals surface area contributed by atoms with Gasteiger partial charge in [-0.3, -0.25) is 4.79 Å². The van der Waals surface area contributed by atoms with Gasteiger partial charge in [0.15, 0.2) is 5.82 Å². The van der Waals surface area contributed by atoms with Crippen molar-refractivity contribution in [2.45, 2.75) is 49.6 Å². The summed E-state index contributed by atoms with van der Waals surface area (Å²) in [6.07, 6.45) is 0.790. The third-order valence-corrected chi connectivity index (χ3v) is 5.66. The zero-order valence-electron chi connectivity index (χ0n) is 15.6. The van der Waals surface area contributed by atoms with E-state index in [4.69, 9.17) is 10.6 Å². The maximum atomic E-state index is 12.0. The molecule has 2 heterocycles. The molecule has 1 aromatic carbocycles. The first-order valence-electron chi connectivity index (χ1n) is 8.60. The molecule has 2 N–H and O–H groups in total. The third-order valence-electron chi connectivity index (χ3n) is 4.45. The summed E-state index contributed by atoms with van der Waals surface area (Å²) < 4.78 is 7.18. The molecule has 140 valence electrons. The number of nitrogens with zero attached hydrogens (tertiary/aromatic N) is 4. The van der Waals surface area contributed by atoms with Crippen molar-refractivity contribution >= 4 is 17.7 Å². The highest BCUT2D eigenvalue weighted by molar-refractivity contribution is 8.00. The number of carbonyl (C=O) groups excluding carboxylic acids is 1. The van der Waals surface area contributed by atoms with Crippen LogP contribution in [0, 0.1) is 0 Å². The minimum absolute atomic E-state index is 0.105. The fourth-order valence-electron chi connectivity index (χ4n) is 2.71. The number of thioether (sulfide) groups is 1.